The van der Waals surface area contributed by atoms with Crippen molar-refractivity contribution in [1.82, 2.24) is 9.97 Å². The van der Waals surface area contributed by atoms with E-state index in [4.69, 9.17) is 33.2 Å². The van der Waals surface area contributed by atoms with E-state index in [-0.39, 0.29) is 6.61 Å². The van der Waals surface area contributed by atoms with Gasteiger partial charge in [-0.15, -0.1) is 0 Å². The Bertz CT molecular complexity index is 945. The molecule has 1 spiro atoms. The van der Waals surface area contributed by atoms with Crippen LogP contribution in [0.5, 0.6) is 0 Å². The van der Waals surface area contributed by atoms with Gasteiger partial charge in [0, 0.05) is 18.0 Å². The number of halogens is 2. The molecule has 1 N–H and O–H groups in total. The first kappa shape index (κ1) is 22.2. The van der Waals surface area contributed by atoms with Gasteiger partial charge in [0.1, 0.15) is 10.7 Å². The molecule has 2 aromatic rings. The van der Waals surface area contributed by atoms with Gasteiger partial charge in [-0.1, -0.05) is 60.8 Å². The Morgan fingerprint density at radius 3 is 2.50 bits per heavy atom. The molecule has 2 aliphatic rings. The molecule has 4 rings (SSSR count). The summed E-state index contributed by atoms with van der Waals surface area (Å²) in [4.78, 5) is 12.8. The molecule has 2 fully saturated rings. The van der Waals surface area contributed by atoms with Crippen LogP contribution >= 0.6 is 35.0 Å². The third-order valence-corrected chi connectivity index (χ3v) is 9.32. The molecule has 1 aliphatic heterocycles. The van der Waals surface area contributed by atoms with E-state index in [0.717, 1.165) is 46.0 Å². The van der Waals surface area contributed by atoms with Gasteiger partial charge in [-0.05, 0) is 56.1 Å². The molecule has 1 atom stereocenters. The van der Waals surface area contributed by atoms with Crippen LogP contribution < -0.4 is 4.90 Å². The minimum atomic E-state index is -0.128. The fourth-order valence-corrected chi connectivity index (χ4v) is 6.45. The number of piperidine rings is 1. The molecule has 0 amide bonds. The summed E-state index contributed by atoms with van der Waals surface area (Å²) >= 11 is 14.2. The number of nitrogens with zero attached hydrogens (tertiary/aromatic N) is 3. The summed E-state index contributed by atoms with van der Waals surface area (Å²) in [6, 6.07) is 3.91. The Morgan fingerprint density at radius 2 is 1.87 bits per heavy atom. The van der Waals surface area contributed by atoms with Crippen LogP contribution in [0.3, 0.4) is 0 Å². The van der Waals surface area contributed by atoms with Crippen LogP contribution in [0, 0.1) is 25.2 Å². The van der Waals surface area contributed by atoms with Crippen molar-refractivity contribution < 1.29 is 5.11 Å². The van der Waals surface area contributed by atoms with Gasteiger partial charge in [0.2, 0.25) is 0 Å². The van der Waals surface area contributed by atoms with Crippen LogP contribution in [0.4, 0.5) is 5.82 Å². The predicted molar refractivity (Wildman–Crippen MR) is 125 cm³/mol. The second-order valence-electron chi connectivity index (χ2n) is 8.80. The molecule has 1 saturated heterocycles. The van der Waals surface area contributed by atoms with Crippen LogP contribution in [0.1, 0.15) is 56.0 Å². The van der Waals surface area contributed by atoms with Crippen molar-refractivity contribution in [3.63, 3.8) is 0 Å². The van der Waals surface area contributed by atoms with Gasteiger partial charge < -0.3 is 10.0 Å². The number of aromatic nitrogens is 2. The predicted octanol–water partition coefficient (Wildman–Crippen LogP) is 6.45. The summed E-state index contributed by atoms with van der Waals surface area (Å²) in [5.41, 5.74) is 2.93. The fraction of sp³-hybridized carbons (Fsp3) is 0.565. The molecule has 0 radical (unpaired) electrons. The lowest BCUT2D eigenvalue weighted by Crippen LogP contribution is -2.42. The van der Waals surface area contributed by atoms with Crippen molar-refractivity contribution in [2.45, 2.75) is 69.4 Å². The number of anilines is 1. The van der Waals surface area contributed by atoms with Gasteiger partial charge >= 0.3 is 0 Å². The summed E-state index contributed by atoms with van der Waals surface area (Å²) in [6.07, 6.45) is 6.48. The van der Waals surface area contributed by atoms with Crippen LogP contribution in [0.15, 0.2) is 22.1 Å². The third-order valence-electron chi connectivity index (χ3n) is 7.09. The van der Waals surface area contributed by atoms with E-state index >= 15 is 0 Å². The Hall–Kier alpha value is -1.01. The quantitative estimate of drug-likeness (QED) is 0.561. The molecule has 1 aliphatic carbocycles. The summed E-state index contributed by atoms with van der Waals surface area (Å²) in [5, 5.41) is 11.9. The van der Waals surface area contributed by atoms with Crippen molar-refractivity contribution in [2.75, 3.05) is 18.0 Å². The van der Waals surface area contributed by atoms with Crippen LogP contribution in [-0.4, -0.2) is 28.2 Å². The highest BCUT2D eigenvalue weighted by molar-refractivity contribution is 7.99. The van der Waals surface area contributed by atoms with Crippen molar-refractivity contribution in [1.29, 1.82) is 0 Å². The molecular formula is C23H29Cl2N3OS. The topological polar surface area (TPSA) is 49.3 Å². The lowest BCUT2D eigenvalue weighted by molar-refractivity contribution is 0.161. The van der Waals surface area contributed by atoms with Crippen LogP contribution in [-0.2, 0) is 6.61 Å². The lowest BCUT2D eigenvalue weighted by Gasteiger charge is -2.43. The SMILES string of the molecule is Cc1ccc(Sc2nc(CO)c(N3CCC4(CCC[C@H]4C)CC3)nc2C)c(Cl)c1Cl. The Balaban J connectivity index is 1.57. The van der Waals surface area contributed by atoms with E-state index in [9.17, 15) is 5.11 Å². The number of rotatable bonds is 4. The zero-order valence-corrected chi connectivity index (χ0v) is 20.2. The molecular weight excluding hydrogens is 437 g/mol. The van der Waals surface area contributed by atoms with Gasteiger partial charge in [-0.2, -0.15) is 0 Å². The maximum Gasteiger partial charge on any atom is 0.153 e. The summed E-state index contributed by atoms with van der Waals surface area (Å²) < 4.78 is 0. The minimum Gasteiger partial charge on any atom is -0.390 e. The van der Waals surface area contributed by atoms with E-state index in [1.165, 1.54) is 43.9 Å². The second kappa shape index (κ2) is 8.85. The normalized spacial score (nSPS) is 20.9. The average molecular weight is 466 g/mol. The number of hydrogen-bond acceptors (Lipinski definition) is 5. The van der Waals surface area contributed by atoms with E-state index in [1.807, 2.05) is 26.0 Å². The fourth-order valence-electron chi connectivity index (χ4n) is 5.01. The number of hydrogen-bond donors (Lipinski definition) is 1. The van der Waals surface area contributed by atoms with Gasteiger partial charge in [-0.3, -0.25) is 0 Å². The molecule has 1 aromatic carbocycles. The monoisotopic (exact) mass is 465 g/mol. The highest BCUT2D eigenvalue weighted by atomic mass is 35.5. The molecule has 162 valence electrons. The first-order valence-electron chi connectivity index (χ1n) is 10.7. The van der Waals surface area contributed by atoms with Gasteiger partial charge in [0.25, 0.3) is 0 Å². The molecule has 7 heteroatoms. The maximum atomic E-state index is 10.0. The number of benzene rings is 1. The zero-order chi connectivity index (χ0) is 21.5. The third kappa shape index (κ3) is 4.06. The molecule has 0 unspecified atom stereocenters. The van der Waals surface area contributed by atoms with E-state index in [0.29, 0.717) is 21.2 Å². The number of aryl methyl sites for hydroxylation is 2. The van der Waals surface area contributed by atoms with Gasteiger partial charge in [-0.25, -0.2) is 9.97 Å². The maximum absolute atomic E-state index is 10.0. The Morgan fingerprint density at radius 1 is 1.13 bits per heavy atom. The minimum absolute atomic E-state index is 0.128. The second-order valence-corrected chi connectivity index (χ2v) is 10.6. The first-order valence-corrected chi connectivity index (χ1v) is 12.3. The molecule has 30 heavy (non-hydrogen) atoms. The number of aliphatic hydroxyl groups is 1. The zero-order valence-electron chi connectivity index (χ0n) is 17.8. The van der Waals surface area contributed by atoms with Crippen molar-refractivity contribution in [3.8, 4) is 0 Å². The summed E-state index contributed by atoms with van der Waals surface area (Å²) in [7, 11) is 0. The van der Waals surface area contributed by atoms with Gasteiger partial charge in [0.05, 0.1) is 22.3 Å². The summed E-state index contributed by atoms with van der Waals surface area (Å²) in [6.45, 7) is 8.15. The van der Waals surface area contributed by atoms with E-state index in [2.05, 4.69) is 11.8 Å². The van der Waals surface area contributed by atoms with E-state index in [1.54, 1.807) is 0 Å². The van der Waals surface area contributed by atoms with Crippen LogP contribution in [0.25, 0.3) is 0 Å². The average Bonchev–Trinajstić information content (AvgIpc) is 3.09. The Labute approximate surface area is 193 Å². The molecule has 0 bridgehead atoms. The van der Waals surface area contributed by atoms with Crippen molar-refractivity contribution in [3.05, 3.63) is 39.1 Å². The molecule has 1 aromatic heterocycles. The summed E-state index contributed by atoms with van der Waals surface area (Å²) in [5.74, 6) is 1.64. The van der Waals surface area contributed by atoms with Crippen LogP contribution in [0.2, 0.25) is 10.0 Å². The largest absolute Gasteiger partial charge is 0.390 e. The van der Waals surface area contributed by atoms with E-state index < -0.39 is 0 Å². The molecule has 4 nitrogen and oxygen atoms in total. The highest BCUT2D eigenvalue weighted by Crippen LogP contribution is 2.50. The Kier molecular flexibility index (Phi) is 6.55. The standard InChI is InChI=1S/C23H29Cl2N3OS/c1-14-6-7-18(20(25)19(14)24)30-22-16(3)26-21(17(13-29)27-22)28-11-9-23(10-12-28)8-4-5-15(23)2/h6-7,15,29H,4-5,8-13H2,1-3H3/t15-/m1/s1. The van der Waals surface area contributed by atoms with Crippen molar-refractivity contribution >= 4 is 40.8 Å². The number of aliphatic hydroxyl groups excluding tert-OH is 1. The highest BCUT2D eigenvalue weighted by Gasteiger charge is 2.42. The molecule has 2 heterocycles. The first-order chi connectivity index (χ1) is 14.3. The smallest absolute Gasteiger partial charge is 0.153 e. The van der Waals surface area contributed by atoms with Gasteiger partial charge in [0.15, 0.2) is 5.82 Å². The van der Waals surface area contributed by atoms with Crippen molar-refractivity contribution in [2.24, 2.45) is 11.3 Å². The lowest BCUT2D eigenvalue weighted by atomic mass is 9.71. The molecule has 1 saturated carbocycles.